The summed E-state index contributed by atoms with van der Waals surface area (Å²) in [6.07, 6.45) is 3.09. The van der Waals surface area contributed by atoms with Crippen LogP contribution in [0.25, 0.3) is 15.9 Å². The summed E-state index contributed by atoms with van der Waals surface area (Å²) >= 11 is 1.26. The Labute approximate surface area is 209 Å². The minimum atomic E-state index is -0.911. The minimum Gasteiger partial charge on any atom is -0.477 e. The van der Waals surface area contributed by atoms with Crippen LogP contribution in [0.4, 0.5) is 5.69 Å². The Morgan fingerprint density at radius 1 is 1.26 bits per heavy atom. The van der Waals surface area contributed by atoms with Crippen molar-refractivity contribution in [1.29, 1.82) is 0 Å². The number of nitrogen functional groups attached to an aromatic ring is 1. The number of carboxylic acids is 1. The first-order valence-electron chi connectivity index (χ1n) is 11.2. The van der Waals surface area contributed by atoms with Gasteiger partial charge in [0.15, 0.2) is 0 Å². The summed E-state index contributed by atoms with van der Waals surface area (Å²) in [6, 6.07) is 13.3. The average molecular weight is 508 g/mol. The monoisotopic (exact) mass is 507 g/mol. The molecule has 180 valence electrons. The molecule has 0 aliphatic carbocycles. The summed E-state index contributed by atoms with van der Waals surface area (Å²) in [6.45, 7) is 2.82. The van der Waals surface area contributed by atoms with Crippen molar-refractivity contribution >= 4 is 53.5 Å². The number of benzene rings is 1. The summed E-state index contributed by atoms with van der Waals surface area (Å²) in [4.78, 5) is 24.1. The fourth-order valence-corrected chi connectivity index (χ4v) is 5.42. The smallest absolute Gasteiger partial charge is 0.346 e. The van der Waals surface area contributed by atoms with Crippen molar-refractivity contribution in [2.24, 2.45) is 7.05 Å². The topological polar surface area (TPSA) is 107 Å². The van der Waals surface area contributed by atoms with E-state index in [9.17, 15) is 9.90 Å². The molecule has 0 bridgehead atoms. The Kier molecular flexibility index (Phi) is 6.56. The van der Waals surface area contributed by atoms with Crippen molar-refractivity contribution in [3.63, 3.8) is 0 Å². The molecular formula is C25H26N5O3PS. The third kappa shape index (κ3) is 5.07. The van der Waals surface area contributed by atoms with Crippen molar-refractivity contribution in [3.05, 3.63) is 70.5 Å². The highest BCUT2D eigenvalue weighted by molar-refractivity contribution is 7.27. The van der Waals surface area contributed by atoms with Gasteiger partial charge in [0.25, 0.3) is 0 Å². The highest BCUT2D eigenvalue weighted by atomic mass is 32.1. The largest absolute Gasteiger partial charge is 0.477 e. The molecule has 0 radical (unpaired) electrons. The van der Waals surface area contributed by atoms with Gasteiger partial charge < -0.3 is 20.1 Å². The number of ether oxygens (including phenoxy) is 1. The molecule has 0 fully saturated rings. The van der Waals surface area contributed by atoms with Gasteiger partial charge in [0.1, 0.15) is 27.7 Å². The van der Waals surface area contributed by atoms with Gasteiger partial charge in [0.2, 0.25) is 5.88 Å². The third-order valence-corrected chi connectivity index (χ3v) is 7.83. The number of aromatic carboxylic acids is 1. The van der Waals surface area contributed by atoms with Crippen LogP contribution in [-0.4, -0.2) is 43.6 Å². The molecule has 4 aromatic rings. The number of anilines is 1. The maximum absolute atomic E-state index is 11.2. The summed E-state index contributed by atoms with van der Waals surface area (Å²) in [7, 11) is 4.63. The summed E-state index contributed by atoms with van der Waals surface area (Å²) in [5.41, 5.74) is 10.5. The van der Waals surface area contributed by atoms with E-state index in [1.807, 2.05) is 48.0 Å². The maximum atomic E-state index is 11.2. The van der Waals surface area contributed by atoms with E-state index < -0.39 is 5.97 Å². The van der Waals surface area contributed by atoms with E-state index in [1.165, 1.54) is 16.9 Å². The van der Waals surface area contributed by atoms with Crippen LogP contribution < -0.4 is 15.8 Å². The Bertz CT molecular complexity index is 1440. The molecule has 5 rings (SSSR count). The van der Waals surface area contributed by atoms with E-state index in [0.717, 1.165) is 57.9 Å². The number of hydrogen-bond donors (Lipinski definition) is 2. The number of rotatable bonds is 7. The zero-order valence-electron chi connectivity index (χ0n) is 19.3. The predicted molar refractivity (Wildman–Crippen MR) is 142 cm³/mol. The van der Waals surface area contributed by atoms with E-state index in [-0.39, 0.29) is 0 Å². The number of thiophene rings is 1. The molecule has 1 unspecified atom stereocenters. The van der Waals surface area contributed by atoms with Crippen LogP contribution in [0.3, 0.4) is 0 Å². The lowest BCUT2D eigenvalue weighted by Gasteiger charge is -2.25. The molecule has 0 saturated heterocycles. The van der Waals surface area contributed by atoms with Crippen molar-refractivity contribution in [2.75, 3.05) is 18.8 Å². The van der Waals surface area contributed by atoms with Gasteiger partial charge >= 0.3 is 5.97 Å². The Morgan fingerprint density at radius 2 is 2.11 bits per heavy atom. The molecule has 3 aromatic heterocycles. The second kappa shape index (κ2) is 9.77. The van der Waals surface area contributed by atoms with Gasteiger partial charge in [-0.1, -0.05) is 18.2 Å². The molecule has 1 aromatic carbocycles. The van der Waals surface area contributed by atoms with Crippen LogP contribution in [0.2, 0.25) is 0 Å². The standard InChI is InChI=1S/C25H26N5O3PS/c1-29-22(27-19-12-21(25(31)32)35-24(19)29)13-30-9-7-15(8-10-30)18-3-2-4-23(28-18)33-14-16-5-6-17(26)11-20(16)34/h2-7,11-12H,8-10,13-14,26,34H2,1H3,(H,31,32). The van der Waals surface area contributed by atoms with Gasteiger partial charge in [-0.3, -0.25) is 4.90 Å². The van der Waals surface area contributed by atoms with E-state index >= 15 is 0 Å². The molecule has 0 spiro atoms. The number of carboxylic acid groups (broad SMARTS) is 1. The van der Waals surface area contributed by atoms with Gasteiger partial charge in [0.05, 0.1) is 12.2 Å². The first-order valence-corrected chi connectivity index (χ1v) is 12.6. The average Bonchev–Trinajstić information content (AvgIpc) is 3.39. The quantitative estimate of drug-likeness (QED) is 0.290. The second-order valence-corrected chi connectivity index (χ2v) is 10.2. The van der Waals surface area contributed by atoms with E-state index in [4.69, 9.17) is 15.5 Å². The van der Waals surface area contributed by atoms with Crippen LogP contribution in [-0.2, 0) is 20.2 Å². The molecule has 8 nitrogen and oxygen atoms in total. The zero-order valence-corrected chi connectivity index (χ0v) is 21.2. The number of aromatic nitrogens is 3. The van der Waals surface area contributed by atoms with Gasteiger partial charge in [-0.05, 0) is 47.1 Å². The lowest BCUT2D eigenvalue weighted by atomic mass is 10.0. The Hall–Kier alpha value is -3.26. The number of pyridine rings is 1. The number of nitrogens with zero attached hydrogens (tertiary/aromatic N) is 4. The van der Waals surface area contributed by atoms with Crippen LogP contribution in [0.5, 0.6) is 5.88 Å². The zero-order chi connectivity index (χ0) is 24.5. The molecule has 4 heterocycles. The molecule has 10 heteroatoms. The highest BCUT2D eigenvalue weighted by Gasteiger charge is 2.19. The van der Waals surface area contributed by atoms with Gasteiger partial charge in [-0.15, -0.1) is 20.6 Å². The normalized spacial score (nSPS) is 14.3. The number of fused-ring (bicyclic) bond motifs is 1. The van der Waals surface area contributed by atoms with E-state index in [2.05, 4.69) is 25.2 Å². The second-order valence-electron chi connectivity index (χ2n) is 8.52. The van der Waals surface area contributed by atoms with Crippen molar-refractivity contribution in [2.45, 2.75) is 19.6 Å². The van der Waals surface area contributed by atoms with Gasteiger partial charge in [-0.2, -0.15) is 0 Å². The van der Waals surface area contributed by atoms with Crippen molar-refractivity contribution in [1.82, 2.24) is 19.4 Å². The fourth-order valence-electron chi connectivity index (χ4n) is 4.13. The van der Waals surface area contributed by atoms with Crippen LogP contribution in [0.1, 0.15) is 33.2 Å². The van der Waals surface area contributed by atoms with E-state index in [0.29, 0.717) is 23.9 Å². The van der Waals surface area contributed by atoms with Crippen LogP contribution in [0.15, 0.2) is 48.5 Å². The predicted octanol–water partition coefficient (Wildman–Crippen LogP) is 3.68. The van der Waals surface area contributed by atoms with Crippen LogP contribution in [0, 0.1) is 0 Å². The molecule has 1 aliphatic rings. The molecule has 1 aliphatic heterocycles. The highest BCUT2D eigenvalue weighted by Crippen LogP contribution is 2.28. The lowest BCUT2D eigenvalue weighted by molar-refractivity contribution is 0.0702. The van der Waals surface area contributed by atoms with Crippen LogP contribution >= 0.6 is 20.6 Å². The number of hydrogen-bond acceptors (Lipinski definition) is 7. The number of nitrogens with two attached hydrogens (primary N) is 1. The summed E-state index contributed by atoms with van der Waals surface area (Å²) in [5, 5.41) is 10.2. The molecule has 0 amide bonds. The summed E-state index contributed by atoms with van der Waals surface area (Å²) in [5.74, 6) is 0.622. The minimum absolute atomic E-state index is 0.316. The van der Waals surface area contributed by atoms with Crippen molar-refractivity contribution < 1.29 is 14.6 Å². The number of imidazole rings is 1. The van der Waals surface area contributed by atoms with E-state index in [1.54, 1.807) is 6.07 Å². The first kappa shape index (κ1) is 23.5. The Morgan fingerprint density at radius 3 is 2.83 bits per heavy atom. The van der Waals surface area contributed by atoms with Gasteiger partial charge in [-0.25, -0.2) is 14.8 Å². The maximum Gasteiger partial charge on any atom is 0.346 e. The molecule has 35 heavy (non-hydrogen) atoms. The fraction of sp³-hybridized carbons (Fsp3) is 0.240. The Balaban J connectivity index is 1.23. The third-order valence-electron chi connectivity index (χ3n) is 6.10. The molecule has 0 saturated carbocycles. The van der Waals surface area contributed by atoms with Crippen molar-refractivity contribution in [3.8, 4) is 5.88 Å². The SMILES string of the molecule is Cn1c(CN2CC=C(c3cccc(OCc4ccc(N)cc4P)n3)CC2)nc2cc(C(=O)O)sc21. The molecule has 3 N–H and O–H groups in total. The summed E-state index contributed by atoms with van der Waals surface area (Å²) < 4.78 is 7.95. The lowest BCUT2D eigenvalue weighted by Crippen LogP contribution is -2.29. The molecule has 1 atom stereocenters. The molecular weight excluding hydrogens is 481 g/mol. The van der Waals surface area contributed by atoms with Gasteiger partial charge in [0, 0.05) is 31.9 Å². The number of carbonyl (C=O) groups is 1. The first-order chi connectivity index (χ1) is 16.9. The number of aryl methyl sites for hydroxylation is 1.